The molecule has 0 spiro atoms. The van der Waals surface area contributed by atoms with Gasteiger partial charge in [0, 0.05) is 29.6 Å². The van der Waals surface area contributed by atoms with Gasteiger partial charge < -0.3 is 26.9 Å². The van der Waals surface area contributed by atoms with Crippen LogP contribution in [0.2, 0.25) is 0 Å². The van der Waals surface area contributed by atoms with Crippen LogP contribution in [-0.4, -0.2) is 40.6 Å². The largest absolute Gasteiger partial charge is 0.507 e. The van der Waals surface area contributed by atoms with Gasteiger partial charge in [0.15, 0.2) is 0 Å². The van der Waals surface area contributed by atoms with Crippen LogP contribution in [0.3, 0.4) is 0 Å². The summed E-state index contributed by atoms with van der Waals surface area (Å²) in [4.78, 5) is 0. The third kappa shape index (κ3) is 3.95. The lowest BCUT2D eigenvalue weighted by atomic mass is 10.0. The van der Waals surface area contributed by atoms with Gasteiger partial charge in [-0.1, -0.05) is 6.07 Å². The van der Waals surface area contributed by atoms with Crippen LogP contribution in [0, 0.1) is 5.41 Å². The minimum atomic E-state index is 0.0760. The van der Waals surface area contributed by atoms with Gasteiger partial charge in [0.25, 0.3) is 0 Å². The Labute approximate surface area is 146 Å². The maximum atomic E-state index is 10.3. The Morgan fingerprint density at radius 3 is 2.64 bits per heavy atom. The SMILES string of the molecule is N=C/C(=C\N)c1ccc(-c2ccc(NC3CCNCC3)nn2)c(O)c1. The molecule has 2 heterocycles. The second-order valence-electron chi connectivity index (χ2n) is 5.97. The first-order valence-corrected chi connectivity index (χ1v) is 8.28. The number of nitrogens with zero attached hydrogens (tertiary/aromatic N) is 2. The molecule has 0 radical (unpaired) electrons. The van der Waals surface area contributed by atoms with Crippen molar-refractivity contribution in [2.75, 3.05) is 18.4 Å². The molecular formula is C18H22N6O. The van der Waals surface area contributed by atoms with Crippen LogP contribution in [0.15, 0.2) is 36.5 Å². The highest BCUT2D eigenvalue weighted by molar-refractivity contribution is 6.08. The van der Waals surface area contributed by atoms with E-state index >= 15 is 0 Å². The maximum absolute atomic E-state index is 10.3. The molecule has 0 saturated carbocycles. The number of nitrogens with one attached hydrogen (secondary N) is 3. The summed E-state index contributed by atoms with van der Waals surface area (Å²) in [5.41, 5.74) is 7.87. The third-order valence-corrected chi connectivity index (χ3v) is 4.30. The molecule has 2 aromatic rings. The highest BCUT2D eigenvalue weighted by Crippen LogP contribution is 2.30. The maximum Gasteiger partial charge on any atom is 0.148 e. The molecule has 0 aliphatic carbocycles. The lowest BCUT2D eigenvalue weighted by molar-refractivity contribution is 0.476. The summed E-state index contributed by atoms with van der Waals surface area (Å²) in [6, 6.07) is 9.24. The fourth-order valence-corrected chi connectivity index (χ4v) is 2.88. The monoisotopic (exact) mass is 338 g/mol. The topological polar surface area (TPSA) is 120 Å². The summed E-state index contributed by atoms with van der Waals surface area (Å²) in [5, 5.41) is 32.8. The van der Waals surface area contributed by atoms with Gasteiger partial charge >= 0.3 is 0 Å². The molecule has 6 N–H and O–H groups in total. The van der Waals surface area contributed by atoms with Crippen molar-refractivity contribution in [3.63, 3.8) is 0 Å². The van der Waals surface area contributed by atoms with Crippen molar-refractivity contribution in [3.8, 4) is 17.0 Å². The predicted octanol–water partition coefficient (Wildman–Crippen LogP) is 1.96. The Bertz CT molecular complexity index is 766. The molecule has 7 heteroatoms. The molecule has 1 aromatic heterocycles. The van der Waals surface area contributed by atoms with Crippen LogP contribution >= 0.6 is 0 Å². The minimum absolute atomic E-state index is 0.0760. The predicted molar refractivity (Wildman–Crippen MR) is 99.6 cm³/mol. The molecule has 1 saturated heterocycles. The van der Waals surface area contributed by atoms with Crippen LogP contribution in [0.5, 0.6) is 5.75 Å². The highest BCUT2D eigenvalue weighted by Gasteiger charge is 2.14. The van der Waals surface area contributed by atoms with E-state index in [-0.39, 0.29) is 5.75 Å². The molecule has 0 unspecified atom stereocenters. The summed E-state index contributed by atoms with van der Waals surface area (Å²) in [6.45, 7) is 2.02. The van der Waals surface area contributed by atoms with Gasteiger partial charge in [-0.25, -0.2) is 0 Å². The molecule has 0 atom stereocenters. The van der Waals surface area contributed by atoms with Gasteiger partial charge in [-0.15, -0.1) is 10.2 Å². The van der Waals surface area contributed by atoms with E-state index in [4.69, 9.17) is 11.1 Å². The van der Waals surface area contributed by atoms with Gasteiger partial charge in [0.2, 0.25) is 0 Å². The van der Waals surface area contributed by atoms with E-state index in [9.17, 15) is 5.11 Å². The number of piperidine rings is 1. The zero-order valence-corrected chi connectivity index (χ0v) is 13.9. The van der Waals surface area contributed by atoms with E-state index in [0.717, 1.165) is 38.0 Å². The molecule has 1 aromatic carbocycles. The Morgan fingerprint density at radius 2 is 2.04 bits per heavy atom. The van der Waals surface area contributed by atoms with E-state index in [2.05, 4.69) is 20.8 Å². The van der Waals surface area contributed by atoms with Gasteiger partial charge in [-0.2, -0.15) is 0 Å². The lowest BCUT2D eigenvalue weighted by Crippen LogP contribution is -2.35. The van der Waals surface area contributed by atoms with E-state index in [1.54, 1.807) is 18.2 Å². The fraction of sp³-hybridized carbons (Fsp3) is 0.278. The minimum Gasteiger partial charge on any atom is -0.507 e. The molecule has 0 amide bonds. The van der Waals surface area contributed by atoms with Crippen LogP contribution in [0.4, 0.5) is 5.82 Å². The number of phenolic OH excluding ortho intramolecular Hbond substituents is 1. The normalized spacial score (nSPS) is 15.8. The third-order valence-electron chi connectivity index (χ3n) is 4.30. The quantitative estimate of drug-likeness (QED) is 0.532. The first-order chi connectivity index (χ1) is 12.2. The van der Waals surface area contributed by atoms with Crippen molar-refractivity contribution in [2.24, 2.45) is 5.73 Å². The van der Waals surface area contributed by atoms with E-state index in [1.807, 2.05) is 12.1 Å². The average Bonchev–Trinajstić information content (AvgIpc) is 2.65. The molecule has 25 heavy (non-hydrogen) atoms. The molecule has 130 valence electrons. The summed E-state index contributed by atoms with van der Waals surface area (Å²) in [6.07, 6.45) is 4.61. The number of allylic oxidation sites excluding steroid dienone is 1. The van der Waals surface area contributed by atoms with Crippen molar-refractivity contribution in [1.82, 2.24) is 15.5 Å². The zero-order chi connectivity index (χ0) is 17.6. The van der Waals surface area contributed by atoms with E-state index < -0.39 is 0 Å². The van der Waals surface area contributed by atoms with Crippen LogP contribution < -0.4 is 16.4 Å². The van der Waals surface area contributed by atoms with Crippen molar-refractivity contribution < 1.29 is 5.11 Å². The number of aromatic hydroxyl groups is 1. The van der Waals surface area contributed by atoms with Gasteiger partial charge in [-0.3, -0.25) is 0 Å². The molecular weight excluding hydrogens is 316 g/mol. The van der Waals surface area contributed by atoms with Gasteiger partial charge in [0.1, 0.15) is 11.6 Å². The number of aromatic nitrogens is 2. The van der Waals surface area contributed by atoms with Crippen LogP contribution in [0.1, 0.15) is 18.4 Å². The van der Waals surface area contributed by atoms with Crippen molar-refractivity contribution in [1.29, 1.82) is 5.41 Å². The number of nitrogens with two attached hydrogens (primary N) is 1. The zero-order valence-electron chi connectivity index (χ0n) is 13.9. The molecule has 7 nitrogen and oxygen atoms in total. The smallest absolute Gasteiger partial charge is 0.148 e. The van der Waals surface area contributed by atoms with Crippen molar-refractivity contribution >= 4 is 17.6 Å². The number of hydrogen-bond donors (Lipinski definition) is 5. The number of anilines is 1. The summed E-state index contributed by atoms with van der Waals surface area (Å²) < 4.78 is 0. The first-order valence-electron chi connectivity index (χ1n) is 8.28. The Balaban J connectivity index is 1.76. The highest BCUT2D eigenvalue weighted by atomic mass is 16.3. The first kappa shape index (κ1) is 16.9. The fourth-order valence-electron chi connectivity index (χ4n) is 2.88. The molecule has 3 rings (SSSR count). The molecule has 1 fully saturated rings. The number of phenols is 1. The second-order valence-corrected chi connectivity index (χ2v) is 5.97. The lowest BCUT2D eigenvalue weighted by Gasteiger charge is -2.23. The summed E-state index contributed by atoms with van der Waals surface area (Å²) in [7, 11) is 0. The Morgan fingerprint density at radius 1 is 1.24 bits per heavy atom. The molecule has 0 bridgehead atoms. The number of benzene rings is 1. The Kier molecular flexibility index (Phi) is 5.25. The summed E-state index contributed by atoms with van der Waals surface area (Å²) >= 11 is 0. The van der Waals surface area contributed by atoms with Gasteiger partial charge in [0.05, 0.1) is 5.69 Å². The van der Waals surface area contributed by atoms with Crippen LogP contribution in [0.25, 0.3) is 16.8 Å². The van der Waals surface area contributed by atoms with Crippen LogP contribution in [-0.2, 0) is 0 Å². The van der Waals surface area contributed by atoms with E-state index in [1.165, 1.54) is 6.20 Å². The van der Waals surface area contributed by atoms with Crippen molar-refractivity contribution in [2.45, 2.75) is 18.9 Å². The number of rotatable bonds is 5. The number of hydrogen-bond acceptors (Lipinski definition) is 7. The van der Waals surface area contributed by atoms with Crippen molar-refractivity contribution in [3.05, 3.63) is 42.1 Å². The van der Waals surface area contributed by atoms with E-state index in [0.29, 0.717) is 28.4 Å². The summed E-state index contributed by atoms with van der Waals surface area (Å²) in [5.74, 6) is 0.816. The Hall–Kier alpha value is -2.93. The average molecular weight is 338 g/mol. The standard InChI is InChI=1S/C18H22N6O/c19-10-13(11-20)12-1-2-15(17(25)9-12)16-3-4-18(24-23-16)22-14-5-7-21-8-6-14/h1-4,9-11,14,19,21,25H,5-8,20H2,(H,22,24)/b13-11+,19-10?. The molecule has 1 aliphatic heterocycles. The van der Waals surface area contributed by atoms with Gasteiger partial charge in [-0.05, 0) is 55.8 Å². The second kappa shape index (κ2) is 7.76. The molecule has 1 aliphatic rings.